The second kappa shape index (κ2) is 12.9. The number of hydrogen-bond donors (Lipinski definition) is 3. The third-order valence-electron chi connectivity index (χ3n) is 6.87. The average molecular weight is 576 g/mol. The number of benzene rings is 1. The molecule has 1 aromatic carbocycles. The number of likely N-dealkylation sites (N-methyl/N-ethyl adjacent to an activating group) is 1. The number of rotatable bonds is 6. The topological polar surface area (TPSA) is 128 Å². The first-order valence-electron chi connectivity index (χ1n) is 12.8. The number of hydroxylamine groups is 1. The lowest BCUT2D eigenvalue weighted by atomic mass is 9.81. The Bertz CT molecular complexity index is 1230. The van der Waals surface area contributed by atoms with Crippen LogP contribution in [0.2, 0.25) is 5.02 Å². The maximum Gasteiger partial charge on any atom is 0.289 e. The molecule has 0 bridgehead atoms. The van der Waals surface area contributed by atoms with Crippen molar-refractivity contribution in [3.8, 4) is 0 Å². The minimum absolute atomic E-state index is 0.00202. The van der Waals surface area contributed by atoms with Crippen LogP contribution >= 0.6 is 22.9 Å². The zero-order chi connectivity index (χ0) is 28.1. The van der Waals surface area contributed by atoms with Crippen molar-refractivity contribution in [3.63, 3.8) is 0 Å². The number of amidine groups is 1. The molecule has 2 aliphatic rings. The fraction of sp³-hybridized carbons (Fsp3) is 0.500. The van der Waals surface area contributed by atoms with Gasteiger partial charge in [0.05, 0.1) is 24.5 Å². The number of aromatic nitrogens is 1. The summed E-state index contributed by atoms with van der Waals surface area (Å²) in [7, 11) is 6.87. The highest BCUT2D eigenvalue weighted by Gasteiger charge is 2.37. The first-order chi connectivity index (χ1) is 18.6. The lowest BCUT2D eigenvalue weighted by Crippen LogP contribution is -2.57. The number of thiazole rings is 1. The number of amides is 3. The number of carbonyl (C=O) groups is 3. The van der Waals surface area contributed by atoms with Gasteiger partial charge in [-0.15, -0.1) is 11.3 Å². The van der Waals surface area contributed by atoms with E-state index in [9.17, 15) is 14.4 Å². The Morgan fingerprint density at radius 1 is 1.15 bits per heavy atom. The molecule has 1 saturated carbocycles. The van der Waals surface area contributed by atoms with Gasteiger partial charge in [-0.1, -0.05) is 11.6 Å². The van der Waals surface area contributed by atoms with E-state index in [1.165, 1.54) is 18.4 Å². The molecule has 2 heterocycles. The van der Waals surface area contributed by atoms with Gasteiger partial charge in [-0.05, 0) is 50.6 Å². The number of aliphatic imine (C=N–C) groups is 1. The van der Waals surface area contributed by atoms with Crippen molar-refractivity contribution < 1.29 is 19.2 Å². The van der Waals surface area contributed by atoms with Gasteiger partial charge < -0.3 is 20.4 Å². The van der Waals surface area contributed by atoms with E-state index < -0.39 is 18.0 Å². The largest absolute Gasteiger partial charge is 0.349 e. The lowest BCUT2D eigenvalue weighted by molar-refractivity contribution is -0.134. The van der Waals surface area contributed by atoms with Gasteiger partial charge in [0.1, 0.15) is 0 Å². The molecule has 11 nitrogen and oxygen atoms in total. The molecule has 13 heteroatoms. The number of fused-ring (bicyclic) bond motifs is 1. The lowest BCUT2D eigenvalue weighted by Gasteiger charge is -2.37. The van der Waals surface area contributed by atoms with E-state index in [4.69, 9.17) is 16.4 Å². The van der Waals surface area contributed by atoms with Crippen LogP contribution in [-0.4, -0.2) is 85.2 Å². The molecule has 4 rings (SSSR count). The van der Waals surface area contributed by atoms with Gasteiger partial charge >= 0.3 is 0 Å². The Labute approximate surface area is 236 Å². The zero-order valence-electron chi connectivity index (χ0n) is 22.5. The number of halogens is 1. The first-order valence-corrected chi connectivity index (χ1v) is 14.0. The van der Waals surface area contributed by atoms with Crippen LogP contribution in [0, 0.1) is 5.92 Å². The van der Waals surface area contributed by atoms with Crippen LogP contribution < -0.4 is 16.1 Å². The molecule has 0 spiro atoms. The fourth-order valence-corrected chi connectivity index (χ4v) is 6.06. The Hall–Kier alpha value is -3.06. The molecule has 1 fully saturated rings. The minimum Gasteiger partial charge on any atom is -0.349 e. The monoisotopic (exact) mass is 575 g/mol. The van der Waals surface area contributed by atoms with Gasteiger partial charge in [-0.2, -0.15) is 0 Å². The van der Waals surface area contributed by atoms with Gasteiger partial charge in [0.15, 0.2) is 5.01 Å². The summed E-state index contributed by atoms with van der Waals surface area (Å²) >= 11 is 7.35. The summed E-state index contributed by atoms with van der Waals surface area (Å²) in [6.45, 7) is 1.67. The van der Waals surface area contributed by atoms with E-state index in [-0.39, 0.29) is 23.6 Å². The summed E-state index contributed by atoms with van der Waals surface area (Å²) in [6, 6.07) is 5.80. The first kappa shape index (κ1) is 28.9. The van der Waals surface area contributed by atoms with Gasteiger partial charge in [0.25, 0.3) is 11.8 Å². The highest BCUT2D eigenvalue weighted by atomic mass is 35.5. The molecule has 3 amide bonds. The molecule has 0 radical (unpaired) electrons. The van der Waals surface area contributed by atoms with Gasteiger partial charge in [0, 0.05) is 55.5 Å². The Morgan fingerprint density at radius 2 is 1.90 bits per heavy atom. The van der Waals surface area contributed by atoms with E-state index in [0.717, 1.165) is 30.1 Å². The van der Waals surface area contributed by atoms with Crippen molar-refractivity contribution in [2.75, 3.05) is 34.8 Å². The molecule has 210 valence electrons. The van der Waals surface area contributed by atoms with Gasteiger partial charge in [0.2, 0.25) is 11.7 Å². The summed E-state index contributed by atoms with van der Waals surface area (Å²) in [5, 5.41) is 7.00. The molecule has 3 unspecified atom stereocenters. The fourth-order valence-electron chi connectivity index (χ4n) is 4.84. The van der Waals surface area contributed by atoms with E-state index in [0.29, 0.717) is 35.0 Å². The maximum absolute atomic E-state index is 13.3. The van der Waals surface area contributed by atoms with Crippen LogP contribution in [0.4, 0.5) is 5.69 Å². The molecule has 1 aliphatic heterocycles. The molecule has 3 N–H and O–H groups in total. The van der Waals surface area contributed by atoms with Crippen molar-refractivity contribution >= 4 is 52.2 Å². The Morgan fingerprint density at radius 3 is 2.59 bits per heavy atom. The predicted octanol–water partition coefficient (Wildman–Crippen LogP) is 2.14. The molecule has 3 atom stereocenters. The standard InChI is InChI=1S/C26H34ClN7O4S/c1-33(2)26(37)15-5-10-18(29-23(35)22(32-38-4)28-17-8-6-16(27)7-9-17)20(13-15)30-24(36)25-31-19-11-12-34(3)14-21(19)39-25/h6-9,15,18,20H,5,10-14H2,1-4H3,(H,28,32)(H,29,35)(H,30,36). The predicted molar refractivity (Wildman–Crippen MR) is 150 cm³/mol. The van der Waals surface area contributed by atoms with Crippen LogP contribution in [0.5, 0.6) is 0 Å². The molecular weight excluding hydrogens is 542 g/mol. The van der Waals surface area contributed by atoms with Crippen LogP contribution in [0.25, 0.3) is 0 Å². The van der Waals surface area contributed by atoms with Crippen molar-refractivity contribution in [2.24, 2.45) is 10.9 Å². The van der Waals surface area contributed by atoms with Gasteiger partial charge in [-0.25, -0.2) is 15.5 Å². The van der Waals surface area contributed by atoms with Gasteiger partial charge in [-0.3, -0.25) is 19.2 Å². The Kier molecular flexibility index (Phi) is 9.54. The highest BCUT2D eigenvalue weighted by Crippen LogP contribution is 2.28. The van der Waals surface area contributed by atoms with Crippen LogP contribution in [0.1, 0.15) is 39.6 Å². The quantitative estimate of drug-likeness (QED) is 0.273. The molecular formula is C26H34ClN7O4S. The third-order valence-corrected chi connectivity index (χ3v) is 8.20. The molecule has 1 aliphatic carbocycles. The summed E-state index contributed by atoms with van der Waals surface area (Å²) < 4.78 is 0. The number of nitrogens with one attached hydrogen (secondary N) is 3. The van der Waals surface area contributed by atoms with Crippen molar-refractivity contribution in [3.05, 3.63) is 44.9 Å². The summed E-state index contributed by atoms with van der Waals surface area (Å²) in [6.07, 6.45) is 2.27. The third kappa shape index (κ3) is 7.33. The van der Waals surface area contributed by atoms with Crippen LogP contribution in [0.3, 0.4) is 0 Å². The summed E-state index contributed by atoms with van der Waals surface area (Å²) in [4.78, 5) is 58.1. The average Bonchev–Trinajstić information content (AvgIpc) is 3.33. The van der Waals surface area contributed by atoms with E-state index >= 15 is 0 Å². The second-order valence-electron chi connectivity index (χ2n) is 10.0. The van der Waals surface area contributed by atoms with Crippen LogP contribution in [-0.2, 0) is 27.4 Å². The summed E-state index contributed by atoms with van der Waals surface area (Å²) in [5.74, 6) is -1.12. The normalized spacial score (nSPS) is 21.6. The van der Waals surface area contributed by atoms with Crippen LogP contribution in [0.15, 0.2) is 29.3 Å². The smallest absolute Gasteiger partial charge is 0.289 e. The molecule has 39 heavy (non-hydrogen) atoms. The molecule has 1 aromatic heterocycles. The van der Waals surface area contributed by atoms with E-state index in [1.54, 1.807) is 43.3 Å². The second-order valence-corrected chi connectivity index (χ2v) is 11.5. The maximum atomic E-state index is 13.3. The molecule has 2 aromatic rings. The SMILES string of the molecule is CONC(=Nc1ccc(Cl)cc1)C(=O)NC1CCC(C(=O)N(C)C)CC1NC(=O)c1nc2c(s1)CN(C)CC2. The van der Waals surface area contributed by atoms with E-state index in [1.807, 2.05) is 7.05 Å². The van der Waals surface area contributed by atoms with Crippen molar-refractivity contribution in [2.45, 2.75) is 44.3 Å². The highest BCUT2D eigenvalue weighted by molar-refractivity contribution is 7.13. The number of hydrogen-bond acceptors (Lipinski definition) is 8. The van der Waals surface area contributed by atoms with E-state index in [2.05, 4.69) is 31.0 Å². The Balaban J connectivity index is 1.52. The number of carbonyl (C=O) groups excluding carboxylic acids is 3. The number of nitrogens with zero attached hydrogens (tertiary/aromatic N) is 4. The zero-order valence-corrected chi connectivity index (χ0v) is 24.1. The molecule has 0 saturated heterocycles. The van der Waals surface area contributed by atoms with Crippen molar-refractivity contribution in [1.29, 1.82) is 0 Å². The minimum atomic E-state index is -0.499. The van der Waals surface area contributed by atoms with Crippen molar-refractivity contribution in [1.82, 2.24) is 30.9 Å². The summed E-state index contributed by atoms with van der Waals surface area (Å²) in [5.41, 5.74) is 4.01.